The molecule has 0 saturated carbocycles. The maximum absolute atomic E-state index is 13.3. The second-order valence-corrected chi connectivity index (χ2v) is 15.9. The predicted octanol–water partition coefficient (Wildman–Crippen LogP) is 3.58. The van der Waals surface area contributed by atoms with Gasteiger partial charge < -0.3 is 20.5 Å². The summed E-state index contributed by atoms with van der Waals surface area (Å²) < 4.78 is 8.07. The highest BCUT2D eigenvalue weighted by atomic mass is 16.5. The Balaban J connectivity index is 0.716. The number of para-hydroxylation sites is 1. The van der Waals surface area contributed by atoms with Crippen LogP contribution in [0.5, 0.6) is 11.5 Å². The highest BCUT2D eigenvalue weighted by molar-refractivity contribution is 6.06. The summed E-state index contributed by atoms with van der Waals surface area (Å²) in [4.78, 5) is 55.0. The zero-order valence-electron chi connectivity index (χ0n) is 31.4. The van der Waals surface area contributed by atoms with Gasteiger partial charge in [-0.25, -0.2) is 14.6 Å². The summed E-state index contributed by atoms with van der Waals surface area (Å²) in [5.41, 5.74) is 10.8. The summed E-state index contributed by atoms with van der Waals surface area (Å²) >= 11 is 0. The van der Waals surface area contributed by atoms with Crippen LogP contribution in [-0.4, -0.2) is 115 Å². The molecule has 5 aliphatic rings. The molecule has 2 unspecified atom stereocenters. The summed E-state index contributed by atoms with van der Waals surface area (Å²) in [6.45, 7) is 6.96. The number of aliphatic hydroxyl groups is 1. The Bertz CT molecular complexity index is 2350. The molecule has 10 rings (SSSR count). The molecule has 0 bridgehead atoms. The van der Waals surface area contributed by atoms with Crippen molar-refractivity contribution in [2.24, 2.45) is 5.92 Å². The number of imide groups is 1. The fourth-order valence-corrected chi connectivity index (χ4v) is 9.25. The molecule has 15 nitrogen and oxygen atoms in total. The molecule has 4 N–H and O–H groups in total. The fourth-order valence-electron chi connectivity index (χ4n) is 9.25. The van der Waals surface area contributed by atoms with Crippen molar-refractivity contribution in [3.05, 3.63) is 90.3 Å². The third-order valence-corrected chi connectivity index (χ3v) is 12.4. The molecular weight excluding hydrogens is 725 g/mol. The van der Waals surface area contributed by atoms with Crippen molar-refractivity contribution in [1.82, 2.24) is 39.8 Å². The van der Waals surface area contributed by atoms with Crippen LogP contribution in [0.4, 0.5) is 11.5 Å². The van der Waals surface area contributed by atoms with E-state index in [2.05, 4.69) is 34.7 Å². The average molecular weight is 769 g/mol. The fraction of sp³-hybridized carbons (Fsp3) is 0.381. The number of ether oxygens (including phenoxy) is 1. The second-order valence-electron chi connectivity index (χ2n) is 15.9. The van der Waals surface area contributed by atoms with E-state index in [1.807, 2.05) is 66.7 Å². The van der Waals surface area contributed by atoms with Gasteiger partial charge in [0.1, 0.15) is 35.4 Å². The number of nitrogens with two attached hydrogens (primary N) is 1. The smallest absolute Gasteiger partial charge is 0.257 e. The maximum atomic E-state index is 13.3. The molecule has 7 heterocycles. The summed E-state index contributed by atoms with van der Waals surface area (Å²) in [5.74, 6) is 1.22. The van der Waals surface area contributed by atoms with E-state index in [-0.39, 0.29) is 30.7 Å². The number of likely N-dealkylation sites (tertiary alicyclic amines) is 2. The standard InChI is InChI=1S/C42H44N10O5/c43-38-36-37(26-6-9-31(10-7-26)57-30-4-2-1-3-5-30)47-52(39(36)45-24-44-38)27-14-16-49(17-15-27)29-22-48(23-29)19-25-20-50(21-25)28-8-11-32-33(18-28)42(56)51(41(32)55)34-12-13-35(53)46-40(34)54/h1-11,18,24-25,27,29,34,41,55H,12-17,19-23H2,(H2,43,44,45)(H,46,53,54). The van der Waals surface area contributed by atoms with Crippen molar-refractivity contribution in [3.63, 3.8) is 0 Å². The van der Waals surface area contributed by atoms with Gasteiger partial charge >= 0.3 is 0 Å². The summed E-state index contributed by atoms with van der Waals surface area (Å²) in [5, 5.41) is 19.1. The lowest BCUT2D eigenvalue weighted by Crippen LogP contribution is -2.63. The van der Waals surface area contributed by atoms with Crippen molar-refractivity contribution in [1.29, 1.82) is 0 Å². The van der Waals surface area contributed by atoms with Crippen LogP contribution in [0, 0.1) is 5.92 Å². The van der Waals surface area contributed by atoms with Gasteiger partial charge in [-0.2, -0.15) is 5.10 Å². The lowest BCUT2D eigenvalue weighted by atomic mass is 9.94. The third-order valence-electron chi connectivity index (χ3n) is 12.4. The van der Waals surface area contributed by atoms with Crippen LogP contribution < -0.4 is 20.7 Å². The maximum Gasteiger partial charge on any atom is 0.257 e. The molecule has 3 aromatic carbocycles. The van der Waals surface area contributed by atoms with Gasteiger partial charge in [0, 0.05) is 86.6 Å². The Hall–Kier alpha value is -5.90. The number of hydrogen-bond acceptors (Lipinski definition) is 12. The number of aliphatic hydroxyl groups excluding tert-OH is 1. The summed E-state index contributed by atoms with van der Waals surface area (Å²) in [6, 6.07) is 23.1. The van der Waals surface area contributed by atoms with Gasteiger partial charge in [0.2, 0.25) is 11.8 Å². The predicted molar refractivity (Wildman–Crippen MR) is 211 cm³/mol. The van der Waals surface area contributed by atoms with Crippen molar-refractivity contribution >= 4 is 40.3 Å². The SMILES string of the molecule is Nc1ncnc2c1c(-c1ccc(Oc3ccccc3)cc1)nn2C1CCN(C2CN(CC3CN(c4ccc5c(c4)C(=O)N(C4CCC(=O)NC4=O)C5O)C3)C2)CC1. The summed E-state index contributed by atoms with van der Waals surface area (Å²) in [6.07, 6.45) is 2.61. The third kappa shape index (κ3) is 6.45. The number of nitrogens with one attached hydrogen (secondary N) is 1. The Kier molecular flexibility index (Phi) is 8.87. The number of anilines is 2. The number of nitrogens with zero attached hydrogens (tertiary/aromatic N) is 8. The van der Waals surface area contributed by atoms with E-state index in [1.54, 1.807) is 6.07 Å². The highest BCUT2D eigenvalue weighted by Crippen LogP contribution is 2.39. The number of aromatic nitrogens is 4. The molecule has 2 atom stereocenters. The Morgan fingerprint density at radius 2 is 1.61 bits per heavy atom. The molecule has 292 valence electrons. The van der Waals surface area contributed by atoms with E-state index < -0.39 is 18.2 Å². The average Bonchev–Trinajstić information content (AvgIpc) is 3.70. The molecule has 57 heavy (non-hydrogen) atoms. The molecule has 5 aromatic rings. The van der Waals surface area contributed by atoms with E-state index in [0.29, 0.717) is 28.9 Å². The van der Waals surface area contributed by atoms with Crippen LogP contribution in [0.2, 0.25) is 0 Å². The van der Waals surface area contributed by atoms with Gasteiger partial charge in [0.05, 0.1) is 11.4 Å². The van der Waals surface area contributed by atoms with E-state index in [1.165, 1.54) is 11.2 Å². The molecule has 0 aliphatic carbocycles. The van der Waals surface area contributed by atoms with Crippen LogP contribution in [0.25, 0.3) is 22.3 Å². The quantitative estimate of drug-likeness (QED) is 0.186. The molecule has 4 saturated heterocycles. The first kappa shape index (κ1) is 35.5. The van der Waals surface area contributed by atoms with Gasteiger partial charge in [-0.15, -0.1) is 0 Å². The number of carbonyl (C=O) groups is 3. The molecule has 15 heteroatoms. The first-order chi connectivity index (χ1) is 27.8. The molecular formula is C42H44N10O5. The Labute approximate surface area is 329 Å². The van der Waals surface area contributed by atoms with E-state index >= 15 is 0 Å². The van der Waals surface area contributed by atoms with E-state index in [9.17, 15) is 19.5 Å². The lowest BCUT2D eigenvalue weighted by molar-refractivity contribution is -0.139. The minimum Gasteiger partial charge on any atom is -0.457 e. The zero-order chi connectivity index (χ0) is 38.8. The van der Waals surface area contributed by atoms with Crippen LogP contribution in [-0.2, 0) is 9.59 Å². The molecule has 0 radical (unpaired) electrons. The van der Waals surface area contributed by atoms with Crippen LogP contribution >= 0.6 is 0 Å². The van der Waals surface area contributed by atoms with Crippen molar-refractivity contribution in [2.45, 2.75) is 50.0 Å². The van der Waals surface area contributed by atoms with Gasteiger partial charge in [0.25, 0.3) is 5.91 Å². The first-order valence-corrected chi connectivity index (χ1v) is 19.8. The summed E-state index contributed by atoms with van der Waals surface area (Å²) in [7, 11) is 0. The van der Waals surface area contributed by atoms with Crippen LogP contribution in [0.15, 0.2) is 79.1 Å². The number of nitrogen functional groups attached to an aromatic ring is 1. The number of fused-ring (bicyclic) bond motifs is 2. The van der Waals surface area contributed by atoms with E-state index in [0.717, 1.165) is 98.1 Å². The van der Waals surface area contributed by atoms with Crippen molar-refractivity contribution in [2.75, 3.05) is 56.4 Å². The lowest BCUT2D eigenvalue weighted by Gasteiger charge is -2.51. The molecule has 5 aliphatic heterocycles. The number of benzene rings is 3. The monoisotopic (exact) mass is 768 g/mol. The number of rotatable bonds is 9. The number of piperidine rings is 2. The van der Waals surface area contributed by atoms with Crippen LogP contribution in [0.3, 0.4) is 0 Å². The minimum absolute atomic E-state index is 0.140. The van der Waals surface area contributed by atoms with Crippen molar-refractivity contribution in [3.8, 4) is 22.8 Å². The molecule has 4 fully saturated rings. The van der Waals surface area contributed by atoms with Crippen LogP contribution in [0.1, 0.15) is 53.9 Å². The second kappa shape index (κ2) is 14.2. The van der Waals surface area contributed by atoms with Gasteiger partial charge in [0.15, 0.2) is 11.9 Å². The normalized spacial score (nSPS) is 22.4. The topological polar surface area (TPSA) is 175 Å². The van der Waals surface area contributed by atoms with Gasteiger partial charge in [-0.3, -0.25) is 34.4 Å². The number of hydrogen-bond donors (Lipinski definition) is 3. The first-order valence-electron chi connectivity index (χ1n) is 19.8. The van der Waals surface area contributed by atoms with Gasteiger partial charge in [-0.05, 0) is 67.8 Å². The Morgan fingerprint density at radius 3 is 2.37 bits per heavy atom. The van der Waals surface area contributed by atoms with Crippen molar-refractivity contribution < 1.29 is 24.2 Å². The highest BCUT2D eigenvalue weighted by Gasteiger charge is 2.45. The van der Waals surface area contributed by atoms with Gasteiger partial charge in [-0.1, -0.05) is 24.3 Å². The zero-order valence-corrected chi connectivity index (χ0v) is 31.4. The molecule has 0 spiro atoms. The minimum atomic E-state index is -1.21. The number of amides is 3. The molecule has 2 aromatic heterocycles. The Morgan fingerprint density at radius 1 is 0.860 bits per heavy atom. The largest absolute Gasteiger partial charge is 0.457 e. The van der Waals surface area contributed by atoms with E-state index in [4.69, 9.17) is 15.6 Å². The molecule has 3 amide bonds. The number of carbonyl (C=O) groups excluding carboxylic acids is 3.